The Bertz CT molecular complexity index is 621. The largest absolute Gasteiger partial charge is 0.397 e. The van der Waals surface area contributed by atoms with Crippen LogP contribution in [0.1, 0.15) is 20.8 Å². The van der Waals surface area contributed by atoms with E-state index < -0.39 is 10.0 Å². The van der Waals surface area contributed by atoms with Crippen molar-refractivity contribution < 1.29 is 13.2 Å². The van der Waals surface area contributed by atoms with E-state index in [1.165, 1.54) is 25.2 Å². The van der Waals surface area contributed by atoms with Crippen LogP contribution in [0.2, 0.25) is 0 Å². The summed E-state index contributed by atoms with van der Waals surface area (Å²) in [5.74, 6) is -0.172. The molecule has 0 fully saturated rings. The summed E-state index contributed by atoms with van der Waals surface area (Å²) in [4.78, 5) is 11.8. The van der Waals surface area contributed by atoms with E-state index in [2.05, 4.69) is 15.4 Å². The zero-order valence-electron chi connectivity index (χ0n) is 12.6. The minimum Gasteiger partial charge on any atom is -0.397 e. The molecule has 0 heterocycles. The topological polar surface area (TPSA) is 113 Å². The number of sulfonamides is 1. The number of nitrogens with two attached hydrogens (primary N) is 1. The Kier molecular flexibility index (Phi) is 5.19. The van der Waals surface area contributed by atoms with Crippen molar-refractivity contribution >= 4 is 27.3 Å². The predicted molar refractivity (Wildman–Crippen MR) is 83.5 cm³/mol. The van der Waals surface area contributed by atoms with Crippen molar-refractivity contribution in [1.29, 1.82) is 0 Å². The lowest BCUT2D eigenvalue weighted by molar-refractivity contribution is -0.120. The van der Waals surface area contributed by atoms with Crippen LogP contribution in [-0.4, -0.2) is 33.5 Å². The highest BCUT2D eigenvalue weighted by atomic mass is 32.2. The molecule has 118 valence electrons. The Labute approximate surface area is 125 Å². The van der Waals surface area contributed by atoms with Crippen LogP contribution in [0, 0.1) is 0 Å². The summed E-state index contributed by atoms with van der Waals surface area (Å²) in [5, 5.41) is 5.69. The monoisotopic (exact) mass is 314 g/mol. The van der Waals surface area contributed by atoms with Crippen LogP contribution in [0.25, 0.3) is 0 Å². The summed E-state index contributed by atoms with van der Waals surface area (Å²) in [6.45, 7) is 5.71. The van der Waals surface area contributed by atoms with Crippen LogP contribution in [0.15, 0.2) is 23.1 Å². The molecular weight excluding hydrogens is 292 g/mol. The van der Waals surface area contributed by atoms with Gasteiger partial charge in [0.25, 0.3) is 0 Å². The number of amides is 1. The molecule has 8 heteroatoms. The second-order valence-corrected chi connectivity index (χ2v) is 7.49. The van der Waals surface area contributed by atoms with Crippen molar-refractivity contribution in [3.05, 3.63) is 18.2 Å². The molecular formula is C13H22N4O3S. The Morgan fingerprint density at radius 1 is 1.29 bits per heavy atom. The quantitative estimate of drug-likeness (QED) is 0.591. The molecule has 0 bridgehead atoms. The molecule has 0 unspecified atom stereocenters. The van der Waals surface area contributed by atoms with Gasteiger partial charge in [0.05, 0.1) is 22.8 Å². The van der Waals surface area contributed by atoms with Gasteiger partial charge in [-0.15, -0.1) is 0 Å². The molecule has 1 aromatic carbocycles. The van der Waals surface area contributed by atoms with Gasteiger partial charge in [-0.05, 0) is 46.0 Å². The van der Waals surface area contributed by atoms with E-state index in [1.54, 1.807) is 0 Å². The molecule has 0 aliphatic heterocycles. The molecule has 1 rings (SSSR count). The normalized spacial score (nSPS) is 12.0. The third-order valence-electron chi connectivity index (χ3n) is 2.56. The molecule has 0 saturated carbocycles. The van der Waals surface area contributed by atoms with Gasteiger partial charge in [-0.25, -0.2) is 13.1 Å². The molecule has 0 saturated heterocycles. The van der Waals surface area contributed by atoms with Crippen molar-refractivity contribution in [2.75, 3.05) is 24.6 Å². The summed E-state index contributed by atoms with van der Waals surface area (Å²) in [6.07, 6.45) is 0. The molecule has 0 atom stereocenters. The Morgan fingerprint density at radius 3 is 2.38 bits per heavy atom. The molecule has 1 amide bonds. The summed E-state index contributed by atoms with van der Waals surface area (Å²) in [5.41, 5.74) is 6.26. The Morgan fingerprint density at radius 2 is 1.90 bits per heavy atom. The number of hydrogen-bond acceptors (Lipinski definition) is 5. The van der Waals surface area contributed by atoms with Crippen LogP contribution in [0.3, 0.4) is 0 Å². The first-order chi connectivity index (χ1) is 9.55. The average molecular weight is 314 g/mol. The average Bonchev–Trinajstić information content (AvgIpc) is 2.35. The predicted octanol–water partition coefficient (Wildman–Crippen LogP) is 0.504. The van der Waals surface area contributed by atoms with Gasteiger partial charge in [0.15, 0.2) is 0 Å². The lowest BCUT2D eigenvalue weighted by Crippen LogP contribution is -2.43. The standard InChI is InChI=1S/C13H22N4O3S/c1-13(2,3)17-12(18)8-16-11-6-5-9(7-10(11)14)21(19,20)15-4/h5-7,15-16H,8,14H2,1-4H3,(H,17,18). The van der Waals surface area contributed by atoms with Crippen molar-refractivity contribution in [3.8, 4) is 0 Å². The van der Waals surface area contributed by atoms with E-state index in [-0.39, 0.29) is 28.6 Å². The first-order valence-electron chi connectivity index (χ1n) is 6.43. The molecule has 0 radical (unpaired) electrons. The Hall–Kier alpha value is -1.80. The zero-order valence-corrected chi connectivity index (χ0v) is 13.5. The highest BCUT2D eigenvalue weighted by molar-refractivity contribution is 7.89. The molecule has 0 aliphatic carbocycles. The summed E-state index contributed by atoms with van der Waals surface area (Å²) >= 11 is 0. The number of hydrogen-bond donors (Lipinski definition) is 4. The first kappa shape index (κ1) is 17.3. The Balaban J connectivity index is 2.77. The number of anilines is 2. The number of carbonyl (C=O) groups excluding carboxylic acids is 1. The first-order valence-corrected chi connectivity index (χ1v) is 7.91. The second kappa shape index (κ2) is 6.31. The van der Waals surface area contributed by atoms with E-state index >= 15 is 0 Å². The van der Waals surface area contributed by atoms with Gasteiger partial charge < -0.3 is 16.4 Å². The van der Waals surface area contributed by atoms with Crippen LogP contribution < -0.4 is 21.1 Å². The summed E-state index contributed by atoms with van der Waals surface area (Å²) < 4.78 is 25.5. The second-order valence-electron chi connectivity index (χ2n) is 5.61. The molecule has 0 aromatic heterocycles. The fourth-order valence-electron chi connectivity index (χ4n) is 1.62. The zero-order chi connectivity index (χ0) is 16.3. The molecule has 21 heavy (non-hydrogen) atoms. The van der Waals surface area contributed by atoms with Gasteiger partial charge >= 0.3 is 0 Å². The van der Waals surface area contributed by atoms with E-state index in [0.717, 1.165) is 0 Å². The third kappa shape index (κ3) is 5.24. The van der Waals surface area contributed by atoms with Gasteiger partial charge in [0.1, 0.15) is 0 Å². The number of nitrogen functional groups attached to an aromatic ring is 1. The lowest BCUT2D eigenvalue weighted by Gasteiger charge is -2.21. The van der Waals surface area contributed by atoms with Gasteiger partial charge in [0.2, 0.25) is 15.9 Å². The van der Waals surface area contributed by atoms with Crippen LogP contribution in [-0.2, 0) is 14.8 Å². The van der Waals surface area contributed by atoms with Crippen molar-refractivity contribution in [2.45, 2.75) is 31.2 Å². The van der Waals surface area contributed by atoms with Gasteiger partial charge in [0, 0.05) is 5.54 Å². The molecule has 1 aromatic rings. The van der Waals surface area contributed by atoms with Gasteiger partial charge in [-0.2, -0.15) is 0 Å². The fraction of sp³-hybridized carbons (Fsp3) is 0.462. The van der Waals surface area contributed by atoms with Crippen LogP contribution in [0.5, 0.6) is 0 Å². The number of benzene rings is 1. The van der Waals surface area contributed by atoms with E-state index in [4.69, 9.17) is 5.73 Å². The van der Waals surface area contributed by atoms with Crippen LogP contribution in [0.4, 0.5) is 11.4 Å². The highest BCUT2D eigenvalue weighted by Crippen LogP contribution is 2.22. The minimum absolute atomic E-state index is 0.0552. The van der Waals surface area contributed by atoms with E-state index in [1.807, 2.05) is 20.8 Å². The maximum absolute atomic E-state index is 11.7. The SMILES string of the molecule is CNS(=O)(=O)c1ccc(NCC(=O)NC(C)(C)C)c(N)c1. The molecule has 5 N–H and O–H groups in total. The van der Waals surface area contributed by atoms with E-state index in [9.17, 15) is 13.2 Å². The molecule has 0 spiro atoms. The van der Waals surface area contributed by atoms with Crippen LogP contribution >= 0.6 is 0 Å². The van der Waals surface area contributed by atoms with Crippen molar-refractivity contribution in [1.82, 2.24) is 10.0 Å². The van der Waals surface area contributed by atoms with E-state index in [0.29, 0.717) is 5.69 Å². The number of rotatable bonds is 5. The highest BCUT2D eigenvalue weighted by Gasteiger charge is 2.15. The summed E-state index contributed by atoms with van der Waals surface area (Å²) in [7, 11) is -2.20. The maximum Gasteiger partial charge on any atom is 0.240 e. The molecule has 0 aliphatic rings. The minimum atomic E-state index is -3.53. The summed E-state index contributed by atoms with van der Waals surface area (Å²) in [6, 6.07) is 4.30. The number of carbonyl (C=O) groups is 1. The third-order valence-corrected chi connectivity index (χ3v) is 3.97. The van der Waals surface area contributed by atoms with Crippen molar-refractivity contribution in [3.63, 3.8) is 0 Å². The van der Waals surface area contributed by atoms with Gasteiger partial charge in [-0.1, -0.05) is 0 Å². The molecule has 7 nitrogen and oxygen atoms in total. The lowest BCUT2D eigenvalue weighted by atomic mass is 10.1. The van der Waals surface area contributed by atoms with Crippen molar-refractivity contribution in [2.24, 2.45) is 0 Å². The van der Waals surface area contributed by atoms with Gasteiger partial charge in [-0.3, -0.25) is 4.79 Å². The smallest absolute Gasteiger partial charge is 0.240 e. The number of nitrogens with one attached hydrogen (secondary N) is 3. The fourth-order valence-corrected chi connectivity index (χ4v) is 2.39. The maximum atomic E-state index is 11.7.